The predicted octanol–water partition coefficient (Wildman–Crippen LogP) is 1.92. The van der Waals surface area contributed by atoms with Gasteiger partial charge in [-0.25, -0.2) is 5.43 Å². The van der Waals surface area contributed by atoms with E-state index in [1.165, 1.54) is 12.1 Å². The van der Waals surface area contributed by atoms with E-state index < -0.39 is 4.92 Å². The molecular formula is C9H13N3O2. The van der Waals surface area contributed by atoms with Gasteiger partial charge in [-0.05, 0) is 12.5 Å². The van der Waals surface area contributed by atoms with Crippen molar-refractivity contribution in [2.24, 2.45) is 0 Å². The van der Waals surface area contributed by atoms with Crippen LogP contribution in [0.1, 0.15) is 13.3 Å². The number of rotatable bonds is 5. The van der Waals surface area contributed by atoms with Crippen molar-refractivity contribution in [3.63, 3.8) is 0 Å². The van der Waals surface area contributed by atoms with Crippen LogP contribution >= 0.6 is 0 Å². The van der Waals surface area contributed by atoms with E-state index in [9.17, 15) is 10.1 Å². The molecule has 0 fully saturated rings. The molecule has 5 nitrogen and oxygen atoms in total. The van der Waals surface area contributed by atoms with Crippen molar-refractivity contribution in [3.05, 3.63) is 34.4 Å². The maximum Gasteiger partial charge on any atom is 0.271 e. The Morgan fingerprint density at radius 3 is 2.93 bits per heavy atom. The van der Waals surface area contributed by atoms with Gasteiger partial charge in [-0.3, -0.25) is 10.1 Å². The number of benzene rings is 1. The Kier molecular flexibility index (Phi) is 3.87. The third-order valence-electron chi connectivity index (χ3n) is 1.66. The molecule has 0 aromatic heterocycles. The summed E-state index contributed by atoms with van der Waals surface area (Å²) in [6, 6.07) is 6.37. The number of anilines is 1. The van der Waals surface area contributed by atoms with Crippen molar-refractivity contribution in [1.82, 2.24) is 5.43 Å². The van der Waals surface area contributed by atoms with Gasteiger partial charge >= 0.3 is 0 Å². The standard InChI is InChI=1S/C9H13N3O2/c1-2-6-10-11-8-4-3-5-9(7-8)12(13)14/h3-5,7,10-11H,2,6H2,1H3. The minimum Gasteiger partial charge on any atom is -0.321 e. The molecule has 0 saturated carbocycles. The largest absolute Gasteiger partial charge is 0.321 e. The van der Waals surface area contributed by atoms with Gasteiger partial charge in [0.05, 0.1) is 10.6 Å². The maximum atomic E-state index is 10.4. The van der Waals surface area contributed by atoms with Crippen LogP contribution in [-0.4, -0.2) is 11.5 Å². The number of nitro groups is 1. The van der Waals surface area contributed by atoms with Crippen LogP contribution < -0.4 is 10.9 Å². The summed E-state index contributed by atoms with van der Waals surface area (Å²) in [7, 11) is 0. The molecule has 0 saturated heterocycles. The van der Waals surface area contributed by atoms with Crippen LogP contribution in [0.15, 0.2) is 24.3 Å². The number of nitrogens with one attached hydrogen (secondary N) is 2. The zero-order valence-corrected chi connectivity index (χ0v) is 7.99. The van der Waals surface area contributed by atoms with E-state index in [1.54, 1.807) is 12.1 Å². The maximum absolute atomic E-state index is 10.4. The van der Waals surface area contributed by atoms with E-state index in [4.69, 9.17) is 0 Å². The van der Waals surface area contributed by atoms with E-state index in [0.29, 0.717) is 5.69 Å². The first-order valence-corrected chi connectivity index (χ1v) is 4.47. The van der Waals surface area contributed by atoms with Gasteiger partial charge in [-0.2, -0.15) is 0 Å². The fraction of sp³-hybridized carbons (Fsp3) is 0.333. The van der Waals surface area contributed by atoms with Gasteiger partial charge in [0.15, 0.2) is 0 Å². The van der Waals surface area contributed by atoms with Crippen LogP contribution in [0.5, 0.6) is 0 Å². The summed E-state index contributed by atoms with van der Waals surface area (Å²) in [5, 5.41) is 10.4. The van der Waals surface area contributed by atoms with Crippen LogP contribution in [0.2, 0.25) is 0 Å². The lowest BCUT2D eigenvalue weighted by Gasteiger charge is -2.06. The van der Waals surface area contributed by atoms with Gasteiger partial charge in [-0.15, -0.1) is 0 Å². The molecule has 0 amide bonds. The normalized spacial score (nSPS) is 9.79. The van der Waals surface area contributed by atoms with E-state index in [-0.39, 0.29) is 5.69 Å². The first-order chi connectivity index (χ1) is 6.74. The van der Waals surface area contributed by atoms with Crippen molar-refractivity contribution in [3.8, 4) is 0 Å². The van der Waals surface area contributed by atoms with E-state index in [0.717, 1.165) is 13.0 Å². The van der Waals surface area contributed by atoms with Crippen LogP contribution in [0.4, 0.5) is 11.4 Å². The Morgan fingerprint density at radius 1 is 1.50 bits per heavy atom. The fourth-order valence-electron chi connectivity index (χ4n) is 0.987. The van der Waals surface area contributed by atoms with E-state index in [2.05, 4.69) is 10.9 Å². The fourth-order valence-corrected chi connectivity index (χ4v) is 0.987. The molecule has 0 atom stereocenters. The van der Waals surface area contributed by atoms with Gasteiger partial charge in [-0.1, -0.05) is 13.0 Å². The second-order valence-corrected chi connectivity index (χ2v) is 2.86. The highest BCUT2D eigenvalue weighted by atomic mass is 16.6. The molecule has 1 aromatic rings. The van der Waals surface area contributed by atoms with Crippen molar-refractivity contribution >= 4 is 11.4 Å². The molecule has 76 valence electrons. The van der Waals surface area contributed by atoms with Crippen LogP contribution in [0.3, 0.4) is 0 Å². The topological polar surface area (TPSA) is 67.2 Å². The predicted molar refractivity (Wildman–Crippen MR) is 55.0 cm³/mol. The van der Waals surface area contributed by atoms with Crippen molar-refractivity contribution < 1.29 is 4.92 Å². The molecule has 14 heavy (non-hydrogen) atoms. The lowest BCUT2D eigenvalue weighted by Crippen LogP contribution is -2.21. The summed E-state index contributed by atoms with van der Waals surface area (Å²) in [5.74, 6) is 0. The molecule has 0 aliphatic carbocycles. The van der Waals surface area contributed by atoms with Crippen molar-refractivity contribution in [1.29, 1.82) is 0 Å². The molecule has 0 unspecified atom stereocenters. The Morgan fingerprint density at radius 2 is 2.29 bits per heavy atom. The number of hydrazine groups is 1. The Hall–Kier alpha value is -1.62. The van der Waals surface area contributed by atoms with Gasteiger partial charge in [0, 0.05) is 18.7 Å². The molecule has 0 aliphatic heterocycles. The van der Waals surface area contributed by atoms with Crippen LogP contribution in [-0.2, 0) is 0 Å². The van der Waals surface area contributed by atoms with Crippen LogP contribution in [0.25, 0.3) is 0 Å². The summed E-state index contributed by atoms with van der Waals surface area (Å²) >= 11 is 0. The Labute approximate surface area is 82.2 Å². The highest BCUT2D eigenvalue weighted by Gasteiger charge is 2.04. The Bertz CT molecular complexity index is 315. The average molecular weight is 195 g/mol. The first kappa shape index (κ1) is 10.5. The first-order valence-electron chi connectivity index (χ1n) is 4.47. The number of hydrogen-bond donors (Lipinski definition) is 2. The molecule has 0 spiro atoms. The molecule has 0 radical (unpaired) electrons. The summed E-state index contributed by atoms with van der Waals surface area (Å²) in [6.45, 7) is 2.87. The summed E-state index contributed by atoms with van der Waals surface area (Å²) < 4.78 is 0. The summed E-state index contributed by atoms with van der Waals surface area (Å²) in [6.07, 6.45) is 1.00. The highest BCUT2D eigenvalue weighted by Crippen LogP contribution is 2.15. The zero-order valence-electron chi connectivity index (χ0n) is 7.99. The van der Waals surface area contributed by atoms with Gasteiger partial charge in [0.25, 0.3) is 5.69 Å². The summed E-state index contributed by atoms with van der Waals surface area (Å²) in [4.78, 5) is 10.0. The summed E-state index contributed by atoms with van der Waals surface area (Å²) in [5.41, 5.74) is 6.62. The number of nitro benzene ring substituents is 1. The van der Waals surface area contributed by atoms with E-state index in [1.807, 2.05) is 6.92 Å². The minimum atomic E-state index is -0.412. The van der Waals surface area contributed by atoms with Crippen LogP contribution in [0, 0.1) is 10.1 Å². The second-order valence-electron chi connectivity index (χ2n) is 2.86. The van der Waals surface area contributed by atoms with Gasteiger partial charge in [0.2, 0.25) is 0 Å². The van der Waals surface area contributed by atoms with Crippen molar-refractivity contribution in [2.45, 2.75) is 13.3 Å². The van der Waals surface area contributed by atoms with Gasteiger partial charge in [0.1, 0.15) is 0 Å². The number of hydrogen-bond acceptors (Lipinski definition) is 4. The molecule has 0 bridgehead atoms. The number of non-ortho nitro benzene ring substituents is 1. The smallest absolute Gasteiger partial charge is 0.271 e. The monoisotopic (exact) mass is 195 g/mol. The third-order valence-corrected chi connectivity index (χ3v) is 1.66. The third kappa shape index (κ3) is 3.02. The SMILES string of the molecule is CCCNNc1cccc([N+](=O)[O-])c1. The highest BCUT2D eigenvalue weighted by molar-refractivity contribution is 5.50. The average Bonchev–Trinajstić information content (AvgIpc) is 2.19. The molecule has 5 heteroatoms. The molecular weight excluding hydrogens is 182 g/mol. The lowest BCUT2D eigenvalue weighted by molar-refractivity contribution is -0.384. The molecule has 2 N–H and O–H groups in total. The molecule has 1 rings (SSSR count). The number of nitrogens with zero attached hydrogens (tertiary/aromatic N) is 1. The van der Waals surface area contributed by atoms with Gasteiger partial charge < -0.3 is 5.43 Å². The second kappa shape index (κ2) is 5.18. The molecule has 0 aliphatic rings. The Balaban J connectivity index is 2.59. The molecule has 0 heterocycles. The zero-order chi connectivity index (χ0) is 10.4. The van der Waals surface area contributed by atoms with E-state index >= 15 is 0 Å². The minimum absolute atomic E-state index is 0.0910. The molecule has 1 aromatic carbocycles. The lowest BCUT2D eigenvalue weighted by atomic mass is 10.3. The van der Waals surface area contributed by atoms with Crippen molar-refractivity contribution in [2.75, 3.05) is 12.0 Å². The quantitative estimate of drug-likeness (QED) is 0.428.